The number of hydrogen-bond donors (Lipinski definition) is 2. The van der Waals surface area contributed by atoms with Gasteiger partial charge in [-0.25, -0.2) is 17.1 Å². The standard InChI is InChI=1S/C22H26FN3O4S/c1-26(2)31(29,30)18-7-5-6-16(13-18)22(28)24-14-21(27)25-17-11-10-15(12-17)19-8-3-4-9-20(19)23/h3-9,13,15,17H,10-12,14H2,1-2H3,(H,24,28)(H,25,27). The highest BCUT2D eigenvalue weighted by Gasteiger charge is 2.28. The van der Waals surface area contributed by atoms with Crippen LogP contribution in [0.4, 0.5) is 4.39 Å². The molecule has 1 fully saturated rings. The van der Waals surface area contributed by atoms with E-state index in [1.54, 1.807) is 18.2 Å². The summed E-state index contributed by atoms with van der Waals surface area (Å²) in [5.41, 5.74) is 0.816. The van der Waals surface area contributed by atoms with E-state index in [1.165, 1.54) is 44.4 Å². The summed E-state index contributed by atoms with van der Waals surface area (Å²) in [6.07, 6.45) is 2.17. The predicted molar refractivity (Wildman–Crippen MR) is 115 cm³/mol. The summed E-state index contributed by atoms with van der Waals surface area (Å²) in [7, 11) is -0.846. The van der Waals surface area contributed by atoms with Gasteiger partial charge < -0.3 is 10.6 Å². The van der Waals surface area contributed by atoms with Gasteiger partial charge >= 0.3 is 0 Å². The van der Waals surface area contributed by atoms with Gasteiger partial charge in [0, 0.05) is 25.7 Å². The van der Waals surface area contributed by atoms with Crippen molar-refractivity contribution in [3.05, 3.63) is 65.5 Å². The lowest BCUT2D eigenvalue weighted by Crippen LogP contribution is -2.41. The zero-order valence-electron chi connectivity index (χ0n) is 17.5. The van der Waals surface area contributed by atoms with Crippen LogP contribution >= 0.6 is 0 Å². The summed E-state index contributed by atoms with van der Waals surface area (Å²) >= 11 is 0. The van der Waals surface area contributed by atoms with Gasteiger partial charge in [0.2, 0.25) is 15.9 Å². The molecular formula is C22H26FN3O4S. The topological polar surface area (TPSA) is 95.6 Å². The fraction of sp³-hybridized carbons (Fsp3) is 0.364. The van der Waals surface area contributed by atoms with Crippen LogP contribution in [0.2, 0.25) is 0 Å². The van der Waals surface area contributed by atoms with Crippen LogP contribution in [0.15, 0.2) is 53.4 Å². The molecule has 0 aliphatic heterocycles. The number of benzene rings is 2. The first-order valence-corrected chi connectivity index (χ1v) is 11.5. The van der Waals surface area contributed by atoms with Crippen LogP contribution in [0.1, 0.15) is 41.1 Å². The molecule has 0 bridgehead atoms. The molecule has 2 aromatic rings. The van der Waals surface area contributed by atoms with Gasteiger partial charge in [0.15, 0.2) is 0 Å². The average molecular weight is 448 g/mol. The Balaban J connectivity index is 1.52. The second kappa shape index (κ2) is 9.57. The summed E-state index contributed by atoms with van der Waals surface area (Å²) in [6.45, 7) is -0.232. The Bertz CT molecular complexity index is 1070. The Labute approximate surface area is 181 Å². The number of carbonyl (C=O) groups excluding carboxylic acids is 2. The Morgan fingerprint density at radius 1 is 1.10 bits per heavy atom. The molecule has 166 valence electrons. The van der Waals surface area contributed by atoms with Crippen LogP contribution in [-0.4, -0.2) is 51.2 Å². The molecule has 1 saturated carbocycles. The molecule has 0 spiro atoms. The zero-order valence-corrected chi connectivity index (χ0v) is 18.3. The normalized spacial score (nSPS) is 18.7. The molecule has 1 aliphatic rings. The molecule has 9 heteroatoms. The number of nitrogens with zero attached hydrogens (tertiary/aromatic N) is 1. The second-order valence-corrected chi connectivity index (χ2v) is 9.95. The maximum Gasteiger partial charge on any atom is 0.251 e. The average Bonchev–Trinajstić information content (AvgIpc) is 3.20. The highest BCUT2D eigenvalue weighted by atomic mass is 32.2. The number of sulfonamides is 1. The third-order valence-corrected chi connectivity index (χ3v) is 7.24. The lowest BCUT2D eigenvalue weighted by Gasteiger charge is -2.15. The SMILES string of the molecule is CN(C)S(=O)(=O)c1cccc(C(=O)NCC(=O)NC2CCC(c3ccccc3F)C2)c1. The minimum Gasteiger partial charge on any atom is -0.352 e. The van der Waals surface area contributed by atoms with Crippen molar-refractivity contribution in [3.63, 3.8) is 0 Å². The summed E-state index contributed by atoms with van der Waals surface area (Å²) in [6, 6.07) is 12.2. The van der Waals surface area contributed by atoms with E-state index in [2.05, 4.69) is 10.6 Å². The van der Waals surface area contributed by atoms with Crippen LogP contribution in [-0.2, 0) is 14.8 Å². The van der Waals surface area contributed by atoms with Crippen molar-refractivity contribution in [3.8, 4) is 0 Å². The Hall–Kier alpha value is -2.78. The van der Waals surface area contributed by atoms with E-state index in [0.717, 1.165) is 17.1 Å². The van der Waals surface area contributed by atoms with Crippen molar-refractivity contribution >= 4 is 21.8 Å². The smallest absolute Gasteiger partial charge is 0.251 e. The lowest BCUT2D eigenvalue weighted by atomic mass is 9.97. The number of halogens is 1. The number of hydrogen-bond acceptors (Lipinski definition) is 4. The van der Waals surface area contributed by atoms with E-state index in [0.29, 0.717) is 12.0 Å². The van der Waals surface area contributed by atoms with Gasteiger partial charge in [0.05, 0.1) is 11.4 Å². The third-order valence-electron chi connectivity index (χ3n) is 5.43. The predicted octanol–water partition coefficient (Wildman–Crippen LogP) is 2.26. The molecule has 0 aromatic heterocycles. The Morgan fingerprint density at radius 3 is 2.55 bits per heavy atom. The number of rotatable bonds is 7. The van der Waals surface area contributed by atoms with E-state index in [9.17, 15) is 22.4 Å². The molecule has 0 radical (unpaired) electrons. The van der Waals surface area contributed by atoms with Gasteiger partial charge in [-0.05, 0) is 55.0 Å². The molecule has 2 N–H and O–H groups in total. The molecular weight excluding hydrogens is 421 g/mol. The largest absolute Gasteiger partial charge is 0.352 e. The molecule has 2 aromatic carbocycles. The van der Waals surface area contributed by atoms with Crippen LogP contribution in [0.3, 0.4) is 0 Å². The third kappa shape index (κ3) is 5.48. The molecule has 7 nitrogen and oxygen atoms in total. The second-order valence-electron chi connectivity index (χ2n) is 7.79. The highest BCUT2D eigenvalue weighted by Crippen LogP contribution is 2.35. The highest BCUT2D eigenvalue weighted by molar-refractivity contribution is 7.89. The molecule has 0 saturated heterocycles. The van der Waals surface area contributed by atoms with Gasteiger partial charge in [-0.3, -0.25) is 9.59 Å². The van der Waals surface area contributed by atoms with Gasteiger partial charge in [0.1, 0.15) is 5.82 Å². The number of carbonyl (C=O) groups is 2. The van der Waals surface area contributed by atoms with Crippen molar-refractivity contribution in [1.82, 2.24) is 14.9 Å². The summed E-state index contributed by atoms with van der Waals surface area (Å²) in [5, 5.41) is 5.39. The first-order chi connectivity index (χ1) is 14.7. The summed E-state index contributed by atoms with van der Waals surface area (Å²) in [5.74, 6) is -1.06. The van der Waals surface area contributed by atoms with Gasteiger partial charge in [-0.2, -0.15) is 0 Å². The lowest BCUT2D eigenvalue weighted by molar-refractivity contribution is -0.120. The monoisotopic (exact) mass is 447 g/mol. The summed E-state index contributed by atoms with van der Waals surface area (Å²) < 4.78 is 39.5. The zero-order chi connectivity index (χ0) is 22.6. The molecule has 2 atom stereocenters. The molecule has 0 heterocycles. The van der Waals surface area contributed by atoms with E-state index in [1.807, 2.05) is 0 Å². The van der Waals surface area contributed by atoms with Gasteiger partial charge in [0.25, 0.3) is 5.91 Å². The van der Waals surface area contributed by atoms with Gasteiger partial charge in [-0.1, -0.05) is 24.3 Å². The number of amides is 2. The maximum absolute atomic E-state index is 14.0. The van der Waals surface area contributed by atoms with Crippen molar-refractivity contribution in [2.45, 2.75) is 36.1 Å². The fourth-order valence-electron chi connectivity index (χ4n) is 3.75. The van der Waals surface area contributed by atoms with E-state index in [-0.39, 0.29) is 40.7 Å². The molecule has 3 rings (SSSR count). The maximum atomic E-state index is 14.0. The first-order valence-electron chi connectivity index (χ1n) is 10.0. The van der Waals surface area contributed by atoms with Crippen LogP contribution in [0, 0.1) is 5.82 Å². The van der Waals surface area contributed by atoms with E-state index in [4.69, 9.17) is 0 Å². The van der Waals surface area contributed by atoms with E-state index >= 15 is 0 Å². The van der Waals surface area contributed by atoms with Gasteiger partial charge in [-0.15, -0.1) is 0 Å². The minimum atomic E-state index is -3.66. The first kappa shape index (κ1) is 22.9. The molecule has 2 unspecified atom stereocenters. The van der Waals surface area contributed by atoms with Crippen molar-refractivity contribution in [2.75, 3.05) is 20.6 Å². The molecule has 1 aliphatic carbocycles. The van der Waals surface area contributed by atoms with Crippen LogP contribution in [0.25, 0.3) is 0 Å². The molecule has 31 heavy (non-hydrogen) atoms. The van der Waals surface area contributed by atoms with Crippen molar-refractivity contribution < 1.29 is 22.4 Å². The van der Waals surface area contributed by atoms with Crippen LogP contribution < -0.4 is 10.6 Å². The molecule has 2 amide bonds. The van der Waals surface area contributed by atoms with Crippen molar-refractivity contribution in [2.24, 2.45) is 0 Å². The fourth-order valence-corrected chi connectivity index (χ4v) is 4.70. The number of nitrogens with one attached hydrogen (secondary N) is 2. The van der Waals surface area contributed by atoms with Crippen LogP contribution in [0.5, 0.6) is 0 Å². The quantitative estimate of drug-likeness (QED) is 0.681. The Morgan fingerprint density at radius 2 is 1.84 bits per heavy atom. The minimum absolute atomic E-state index is 0.000238. The summed E-state index contributed by atoms with van der Waals surface area (Å²) in [4.78, 5) is 24.6. The van der Waals surface area contributed by atoms with Crippen molar-refractivity contribution in [1.29, 1.82) is 0 Å². The Kier molecular flexibility index (Phi) is 7.07. The van der Waals surface area contributed by atoms with E-state index < -0.39 is 15.9 Å².